The monoisotopic (exact) mass is 412 g/mol. The summed E-state index contributed by atoms with van der Waals surface area (Å²) in [6.45, 7) is 8.92. The van der Waals surface area contributed by atoms with Crippen molar-refractivity contribution in [1.29, 1.82) is 0 Å². The number of esters is 1. The minimum absolute atomic E-state index is 0.219. The second-order valence-corrected chi connectivity index (χ2v) is 9.49. The van der Waals surface area contributed by atoms with Crippen LogP contribution in [-0.4, -0.2) is 74.4 Å². The van der Waals surface area contributed by atoms with Gasteiger partial charge in [0, 0.05) is 39.1 Å². The Labute approximate surface area is 173 Å². The molecular weight excluding hydrogens is 376 g/mol. The minimum atomic E-state index is -0.839. The van der Waals surface area contributed by atoms with Crippen LogP contribution in [0.2, 0.25) is 0 Å². The largest absolute Gasteiger partial charge is 0.465 e. The molecule has 2 aliphatic heterocycles. The van der Waals surface area contributed by atoms with Gasteiger partial charge in [-0.3, -0.25) is 10.1 Å². The Kier molecular flexibility index (Phi) is 6.18. The fraction of sp³-hybridized carbons (Fsp3) is 0.905. The molecule has 0 aromatic rings. The highest BCUT2D eigenvalue weighted by molar-refractivity contribution is 5.76. The lowest BCUT2D eigenvalue weighted by molar-refractivity contribution is -0.268. The Morgan fingerprint density at radius 1 is 1.17 bits per heavy atom. The van der Waals surface area contributed by atoms with Crippen molar-refractivity contribution >= 4 is 12.1 Å². The van der Waals surface area contributed by atoms with Gasteiger partial charge in [-0.2, -0.15) is 0 Å². The van der Waals surface area contributed by atoms with Gasteiger partial charge in [0.05, 0.1) is 12.6 Å². The van der Waals surface area contributed by atoms with E-state index in [2.05, 4.69) is 5.32 Å². The number of ether oxygens (including phenoxy) is 4. The molecule has 1 spiro atoms. The van der Waals surface area contributed by atoms with Crippen LogP contribution in [0.15, 0.2) is 0 Å². The molecule has 29 heavy (non-hydrogen) atoms. The number of methoxy groups -OCH3 is 2. The number of carbonyl (C=O) groups excluding carboxylic acids is 2. The quantitative estimate of drug-likeness (QED) is 0.560. The second kappa shape index (κ2) is 8.04. The fourth-order valence-corrected chi connectivity index (χ4v) is 5.56. The number of hydrogen-bond donors (Lipinski definition) is 1. The predicted molar refractivity (Wildman–Crippen MR) is 106 cm³/mol. The Morgan fingerprint density at radius 2 is 1.86 bits per heavy atom. The molecule has 1 amide bonds. The molecular formula is C21H36N2O6. The van der Waals surface area contributed by atoms with Crippen LogP contribution in [0, 0.1) is 11.3 Å². The van der Waals surface area contributed by atoms with Crippen molar-refractivity contribution in [2.24, 2.45) is 11.3 Å². The van der Waals surface area contributed by atoms with Crippen LogP contribution >= 0.6 is 0 Å². The maximum absolute atomic E-state index is 12.8. The minimum Gasteiger partial charge on any atom is -0.465 e. The Bertz CT molecular complexity index is 629. The van der Waals surface area contributed by atoms with Gasteiger partial charge in [0.1, 0.15) is 11.6 Å². The van der Waals surface area contributed by atoms with Crippen LogP contribution in [0.4, 0.5) is 4.79 Å². The Hall–Kier alpha value is -1.38. The highest BCUT2D eigenvalue weighted by atomic mass is 16.7. The molecule has 1 N–H and O–H groups in total. The molecule has 1 aliphatic carbocycles. The summed E-state index contributed by atoms with van der Waals surface area (Å²) >= 11 is 0. The van der Waals surface area contributed by atoms with E-state index in [4.69, 9.17) is 18.9 Å². The van der Waals surface area contributed by atoms with Gasteiger partial charge in [-0.25, -0.2) is 4.79 Å². The number of piperidine rings is 1. The predicted octanol–water partition coefficient (Wildman–Crippen LogP) is 2.31. The van der Waals surface area contributed by atoms with Crippen LogP contribution in [-0.2, 0) is 23.7 Å². The summed E-state index contributed by atoms with van der Waals surface area (Å²) in [5.41, 5.74) is -0.890. The van der Waals surface area contributed by atoms with E-state index in [0.717, 1.165) is 19.3 Å². The van der Waals surface area contributed by atoms with Crippen LogP contribution in [0.5, 0.6) is 0 Å². The van der Waals surface area contributed by atoms with E-state index in [-0.39, 0.29) is 23.5 Å². The van der Waals surface area contributed by atoms with E-state index in [1.165, 1.54) is 0 Å². The third-order valence-electron chi connectivity index (χ3n) is 6.77. The standard InChI is InChI=1S/C21H36N2O6/c1-7-28-16(24)15-12-20-13-23(18(25)29-19(2,3)4)11-9-14(20)8-10-21(26-5,27-6)17(20)22-15/h14-15,17,22H,7-13H2,1-6H3/t14-,15-,17-,20+/m1/s1. The lowest BCUT2D eigenvalue weighted by Gasteiger charge is -2.57. The average molecular weight is 413 g/mol. The first-order chi connectivity index (χ1) is 13.6. The van der Waals surface area contributed by atoms with Crippen molar-refractivity contribution in [3.63, 3.8) is 0 Å². The van der Waals surface area contributed by atoms with Gasteiger partial charge in [0.25, 0.3) is 0 Å². The van der Waals surface area contributed by atoms with Crippen LogP contribution in [0.1, 0.15) is 53.4 Å². The molecule has 3 aliphatic rings. The molecule has 0 aromatic carbocycles. The van der Waals surface area contributed by atoms with E-state index < -0.39 is 17.4 Å². The third kappa shape index (κ3) is 3.99. The van der Waals surface area contributed by atoms with Crippen molar-refractivity contribution < 1.29 is 28.5 Å². The summed E-state index contributed by atoms with van der Waals surface area (Å²) in [6.07, 6.45) is 2.82. The number of amides is 1. The molecule has 2 heterocycles. The van der Waals surface area contributed by atoms with Crippen molar-refractivity contribution in [3.8, 4) is 0 Å². The van der Waals surface area contributed by atoms with Crippen molar-refractivity contribution in [2.75, 3.05) is 33.9 Å². The molecule has 0 aromatic heterocycles. The van der Waals surface area contributed by atoms with E-state index in [1.54, 1.807) is 26.0 Å². The van der Waals surface area contributed by atoms with Crippen molar-refractivity contribution in [3.05, 3.63) is 0 Å². The first-order valence-electron chi connectivity index (χ1n) is 10.6. The average Bonchev–Trinajstić information content (AvgIpc) is 3.05. The molecule has 0 radical (unpaired) electrons. The molecule has 1 saturated carbocycles. The molecule has 3 fully saturated rings. The molecule has 8 heteroatoms. The normalized spacial score (nSPS) is 33.6. The number of carbonyl (C=O) groups is 2. The van der Waals surface area contributed by atoms with Crippen molar-refractivity contribution in [2.45, 2.75) is 76.9 Å². The van der Waals surface area contributed by atoms with Gasteiger partial charge >= 0.3 is 12.1 Å². The van der Waals surface area contributed by atoms with Crippen molar-refractivity contribution in [1.82, 2.24) is 10.2 Å². The van der Waals surface area contributed by atoms with Gasteiger partial charge < -0.3 is 23.8 Å². The smallest absolute Gasteiger partial charge is 0.410 e. The number of hydrogen-bond acceptors (Lipinski definition) is 7. The second-order valence-electron chi connectivity index (χ2n) is 9.49. The van der Waals surface area contributed by atoms with Crippen LogP contribution in [0.25, 0.3) is 0 Å². The zero-order chi connectivity index (χ0) is 21.4. The number of likely N-dealkylation sites (tertiary alicyclic amines) is 1. The van der Waals surface area contributed by atoms with Gasteiger partial charge in [0.15, 0.2) is 5.79 Å². The van der Waals surface area contributed by atoms with E-state index >= 15 is 0 Å². The maximum Gasteiger partial charge on any atom is 0.410 e. The maximum atomic E-state index is 12.8. The van der Waals surface area contributed by atoms with E-state index in [0.29, 0.717) is 32.0 Å². The van der Waals surface area contributed by atoms with Gasteiger partial charge in [-0.1, -0.05) is 0 Å². The fourth-order valence-electron chi connectivity index (χ4n) is 5.56. The van der Waals surface area contributed by atoms with Gasteiger partial charge in [-0.15, -0.1) is 0 Å². The topological polar surface area (TPSA) is 86.3 Å². The highest BCUT2D eigenvalue weighted by Crippen LogP contribution is 2.56. The number of rotatable bonds is 4. The first-order valence-corrected chi connectivity index (χ1v) is 10.6. The van der Waals surface area contributed by atoms with E-state index in [1.807, 2.05) is 20.8 Å². The summed E-state index contributed by atoms with van der Waals surface area (Å²) in [6, 6.07) is -0.660. The van der Waals surface area contributed by atoms with Crippen LogP contribution < -0.4 is 5.32 Å². The molecule has 0 unspecified atom stereocenters. The Balaban J connectivity index is 1.92. The van der Waals surface area contributed by atoms with Gasteiger partial charge in [-0.05, 0) is 52.9 Å². The molecule has 4 atom stereocenters. The summed E-state index contributed by atoms with van der Waals surface area (Å²) in [7, 11) is 3.29. The molecule has 8 nitrogen and oxygen atoms in total. The summed E-state index contributed by atoms with van der Waals surface area (Å²) < 4.78 is 22.7. The lowest BCUT2D eigenvalue weighted by Crippen LogP contribution is -2.67. The zero-order valence-corrected chi connectivity index (χ0v) is 18.6. The highest BCUT2D eigenvalue weighted by Gasteiger charge is 2.66. The summed E-state index contributed by atoms with van der Waals surface area (Å²) in [5.74, 6) is -0.726. The lowest BCUT2D eigenvalue weighted by atomic mass is 9.58. The van der Waals surface area contributed by atoms with Crippen LogP contribution in [0.3, 0.4) is 0 Å². The SMILES string of the molecule is CCOC(=O)[C@H]1C[C@]23CN(C(=O)OC(C)(C)C)CC[C@H]2CCC(OC)(OC)[C@@H]3N1. The molecule has 2 saturated heterocycles. The number of nitrogens with one attached hydrogen (secondary N) is 1. The molecule has 0 bridgehead atoms. The third-order valence-corrected chi connectivity index (χ3v) is 6.77. The first kappa shape index (κ1) is 22.3. The van der Waals surface area contributed by atoms with E-state index in [9.17, 15) is 9.59 Å². The molecule has 3 rings (SSSR count). The zero-order valence-electron chi connectivity index (χ0n) is 18.6. The summed E-state index contributed by atoms with van der Waals surface area (Å²) in [5, 5.41) is 3.46. The number of nitrogens with zero attached hydrogens (tertiary/aromatic N) is 1. The Morgan fingerprint density at radius 3 is 2.45 bits per heavy atom. The van der Waals surface area contributed by atoms with Gasteiger partial charge in [0.2, 0.25) is 0 Å². The molecule has 166 valence electrons. The summed E-state index contributed by atoms with van der Waals surface area (Å²) in [4.78, 5) is 27.2.